The van der Waals surface area contributed by atoms with Crippen LogP contribution in [0, 0.1) is 11.6 Å². The zero-order valence-corrected chi connectivity index (χ0v) is 20.3. The summed E-state index contributed by atoms with van der Waals surface area (Å²) in [5.41, 5.74) is -0.788. The molecule has 4 aromatic rings. The first-order valence-corrected chi connectivity index (χ1v) is 11.5. The lowest BCUT2D eigenvalue weighted by atomic mass is 9.66. The molecule has 10 heteroatoms. The lowest BCUT2D eigenvalue weighted by Gasteiger charge is -2.40. The highest BCUT2D eigenvalue weighted by Crippen LogP contribution is 2.54. The Balaban J connectivity index is 1.91. The van der Waals surface area contributed by atoms with Gasteiger partial charge in [-0.05, 0) is 42.5 Å². The fourth-order valence-corrected chi connectivity index (χ4v) is 5.48. The summed E-state index contributed by atoms with van der Waals surface area (Å²) in [4.78, 5) is 11.5. The second kappa shape index (κ2) is 8.26. The van der Waals surface area contributed by atoms with E-state index in [9.17, 15) is 18.7 Å². The number of halogens is 3. The average Bonchev–Trinajstić information content (AvgIpc) is 3.41. The Morgan fingerprint density at radius 2 is 2.00 bits per heavy atom. The van der Waals surface area contributed by atoms with Crippen LogP contribution >= 0.6 is 0 Å². The van der Waals surface area contributed by atoms with E-state index < -0.39 is 34.6 Å². The van der Waals surface area contributed by atoms with Gasteiger partial charge in [0.25, 0.3) is 0 Å². The first kappa shape index (κ1) is 24.2. The number of benzene rings is 2. The maximum Gasteiger partial charge on any atom is 0.341 e. The van der Waals surface area contributed by atoms with E-state index in [2.05, 4.69) is 10.2 Å². The number of ether oxygens (including phenoxy) is 2. The van der Waals surface area contributed by atoms with E-state index in [-0.39, 0.29) is 36.1 Å². The van der Waals surface area contributed by atoms with Gasteiger partial charge >= 0.3 is 5.97 Å². The molecule has 2 aromatic heterocycles. The van der Waals surface area contributed by atoms with Crippen LogP contribution in [0.5, 0.6) is 5.75 Å². The predicted molar refractivity (Wildman–Crippen MR) is 128 cm³/mol. The van der Waals surface area contributed by atoms with Gasteiger partial charge in [-0.3, -0.25) is 5.10 Å². The number of alkyl halides is 1. The normalized spacial score (nSPS) is 20.1. The SMILES string of the molecule is COCC(C)(C)c1c([C@H]2C[C@](F)(C(=O)O)C2)c2c(F)c3[nH]ncc3cc2n1-c1ccc(F)c(OC)c1. The molecular weight excluding hydrogens is 475 g/mol. The van der Waals surface area contributed by atoms with E-state index >= 15 is 4.39 Å². The first-order chi connectivity index (χ1) is 17.0. The summed E-state index contributed by atoms with van der Waals surface area (Å²) in [5.74, 6) is -3.20. The molecule has 1 fully saturated rings. The molecule has 0 aliphatic heterocycles. The molecular formula is C26H26F3N3O4. The van der Waals surface area contributed by atoms with Crippen LogP contribution in [-0.4, -0.2) is 52.3 Å². The standard InChI is InChI=1S/C26H26F3N3O4/c1-25(2,12-35-3)23-19(14-9-26(29,10-14)24(33)34)20-17(7-13-11-30-31-22(13)21(20)28)32(23)15-5-6-16(27)18(8-15)36-4/h5-8,11,14H,9-10,12H2,1-4H3,(H,30,31)(H,33,34)/t14-,26+. The van der Waals surface area contributed by atoms with Crippen molar-refractivity contribution < 1.29 is 32.5 Å². The highest BCUT2D eigenvalue weighted by atomic mass is 19.1. The molecule has 0 amide bonds. The zero-order valence-electron chi connectivity index (χ0n) is 20.3. The van der Waals surface area contributed by atoms with Crippen LogP contribution in [0.3, 0.4) is 0 Å². The van der Waals surface area contributed by atoms with Crippen molar-refractivity contribution in [2.24, 2.45) is 0 Å². The van der Waals surface area contributed by atoms with Crippen molar-refractivity contribution in [2.75, 3.05) is 20.8 Å². The fraction of sp³-hybridized carbons (Fsp3) is 0.385. The number of aliphatic carboxylic acids is 1. The van der Waals surface area contributed by atoms with Crippen LogP contribution in [0.15, 0.2) is 30.5 Å². The molecule has 190 valence electrons. The monoisotopic (exact) mass is 501 g/mol. The van der Waals surface area contributed by atoms with Crippen LogP contribution in [0.25, 0.3) is 27.5 Å². The Kier molecular flexibility index (Phi) is 5.55. The van der Waals surface area contributed by atoms with Gasteiger partial charge in [0.05, 0.1) is 25.4 Å². The van der Waals surface area contributed by atoms with Crippen molar-refractivity contribution in [3.05, 3.63) is 53.4 Å². The van der Waals surface area contributed by atoms with E-state index in [0.29, 0.717) is 27.8 Å². The van der Waals surface area contributed by atoms with Gasteiger partial charge in [-0.15, -0.1) is 0 Å². The molecule has 0 radical (unpaired) electrons. The number of hydrogen-bond donors (Lipinski definition) is 2. The minimum Gasteiger partial charge on any atom is -0.494 e. The number of hydrogen-bond acceptors (Lipinski definition) is 4. The van der Waals surface area contributed by atoms with Crippen molar-refractivity contribution in [1.82, 2.24) is 14.8 Å². The quantitative estimate of drug-likeness (QED) is 0.355. The van der Waals surface area contributed by atoms with Gasteiger partial charge < -0.3 is 19.1 Å². The molecule has 0 bridgehead atoms. The summed E-state index contributed by atoms with van der Waals surface area (Å²) in [6, 6.07) is 6.10. The lowest BCUT2D eigenvalue weighted by Crippen LogP contribution is -2.46. The topological polar surface area (TPSA) is 89.4 Å². The summed E-state index contributed by atoms with van der Waals surface area (Å²) < 4.78 is 57.8. The van der Waals surface area contributed by atoms with Crippen LogP contribution in [-0.2, 0) is 14.9 Å². The summed E-state index contributed by atoms with van der Waals surface area (Å²) >= 11 is 0. The Hall–Kier alpha value is -3.53. The van der Waals surface area contributed by atoms with E-state index in [1.807, 2.05) is 13.8 Å². The first-order valence-electron chi connectivity index (χ1n) is 11.5. The number of aromatic amines is 1. The molecule has 1 aliphatic rings. The Morgan fingerprint density at radius 3 is 2.64 bits per heavy atom. The smallest absolute Gasteiger partial charge is 0.341 e. The number of nitrogens with zero attached hydrogens (tertiary/aromatic N) is 2. The summed E-state index contributed by atoms with van der Waals surface area (Å²) in [6.45, 7) is 4.06. The minimum absolute atomic E-state index is 0.00792. The number of aromatic nitrogens is 3. The van der Waals surface area contributed by atoms with E-state index in [4.69, 9.17) is 9.47 Å². The van der Waals surface area contributed by atoms with Gasteiger partial charge in [-0.2, -0.15) is 5.10 Å². The van der Waals surface area contributed by atoms with E-state index in [0.717, 1.165) is 0 Å². The summed E-state index contributed by atoms with van der Waals surface area (Å²) in [6.07, 6.45) is 0.926. The molecule has 2 N–H and O–H groups in total. The maximum absolute atomic E-state index is 16.1. The van der Waals surface area contributed by atoms with Crippen LogP contribution in [0.2, 0.25) is 0 Å². The molecule has 2 aromatic carbocycles. The number of carboxylic acids is 1. The highest BCUT2D eigenvalue weighted by Gasteiger charge is 2.54. The molecule has 1 saturated carbocycles. The lowest BCUT2D eigenvalue weighted by molar-refractivity contribution is -0.158. The van der Waals surface area contributed by atoms with Gasteiger partial charge in [-0.1, -0.05) is 13.8 Å². The zero-order chi connectivity index (χ0) is 26.0. The minimum atomic E-state index is -2.38. The van der Waals surface area contributed by atoms with E-state index in [1.165, 1.54) is 25.4 Å². The Bertz CT molecular complexity index is 1500. The third kappa shape index (κ3) is 3.46. The second-order valence-corrected chi connectivity index (χ2v) is 10.0. The number of fused-ring (bicyclic) bond motifs is 2. The molecule has 7 nitrogen and oxygen atoms in total. The predicted octanol–water partition coefficient (Wildman–Crippen LogP) is 5.39. The van der Waals surface area contributed by atoms with Crippen LogP contribution in [0.1, 0.15) is 43.9 Å². The van der Waals surface area contributed by atoms with Crippen LogP contribution < -0.4 is 4.74 Å². The van der Waals surface area contributed by atoms with Crippen molar-refractivity contribution in [2.45, 2.75) is 43.7 Å². The van der Waals surface area contributed by atoms with E-state index in [1.54, 1.807) is 23.8 Å². The number of nitrogens with one attached hydrogen (secondary N) is 1. The Morgan fingerprint density at radius 1 is 1.28 bits per heavy atom. The molecule has 2 heterocycles. The summed E-state index contributed by atoms with van der Waals surface area (Å²) in [5, 5.41) is 16.8. The highest BCUT2D eigenvalue weighted by molar-refractivity contribution is 6.00. The third-order valence-electron chi connectivity index (χ3n) is 7.12. The Labute approximate surface area is 204 Å². The molecule has 1 aliphatic carbocycles. The molecule has 0 spiro atoms. The number of carboxylic acid groups (broad SMARTS) is 1. The number of rotatable bonds is 7. The molecule has 0 unspecified atom stereocenters. The number of carbonyl (C=O) groups is 1. The largest absolute Gasteiger partial charge is 0.494 e. The van der Waals surface area contributed by atoms with Gasteiger partial charge in [0.15, 0.2) is 17.4 Å². The van der Waals surface area contributed by atoms with Gasteiger partial charge in [0.1, 0.15) is 5.52 Å². The molecule has 0 atom stereocenters. The average molecular weight is 502 g/mol. The summed E-state index contributed by atoms with van der Waals surface area (Å²) in [7, 11) is 2.90. The van der Waals surface area contributed by atoms with Crippen molar-refractivity contribution in [3.8, 4) is 11.4 Å². The van der Waals surface area contributed by atoms with Crippen molar-refractivity contribution in [3.63, 3.8) is 0 Å². The number of H-pyrrole nitrogens is 1. The van der Waals surface area contributed by atoms with Gasteiger partial charge in [-0.25, -0.2) is 18.0 Å². The fourth-order valence-electron chi connectivity index (χ4n) is 5.48. The van der Waals surface area contributed by atoms with Gasteiger partial charge in [0, 0.05) is 40.7 Å². The molecule has 0 saturated heterocycles. The van der Waals surface area contributed by atoms with Crippen molar-refractivity contribution >= 4 is 27.8 Å². The second-order valence-electron chi connectivity index (χ2n) is 10.0. The van der Waals surface area contributed by atoms with Crippen LogP contribution in [0.4, 0.5) is 13.2 Å². The third-order valence-corrected chi connectivity index (χ3v) is 7.12. The van der Waals surface area contributed by atoms with Crippen molar-refractivity contribution in [1.29, 1.82) is 0 Å². The molecule has 36 heavy (non-hydrogen) atoms. The maximum atomic E-state index is 16.1. The van der Waals surface area contributed by atoms with Gasteiger partial charge in [0.2, 0.25) is 5.67 Å². The molecule has 5 rings (SSSR count). The number of methoxy groups -OCH3 is 2.